The largest absolute Gasteiger partial charge is 0.337 e. The summed E-state index contributed by atoms with van der Waals surface area (Å²) in [5, 5.41) is 13.2. The van der Waals surface area contributed by atoms with Gasteiger partial charge in [-0.15, -0.1) is 0 Å². The van der Waals surface area contributed by atoms with E-state index in [1.807, 2.05) is 19.1 Å². The number of hydrogen-bond donors (Lipinski definition) is 1. The van der Waals surface area contributed by atoms with Crippen LogP contribution < -0.4 is 10.9 Å². The van der Waals surface area contributed by atoms with Crippen LogP contribution in [0.3, 0.4) is 0 Å². The zero-order chi connectivity index (χ0) is 19.4. The summed E-state index contributed by atoms with van der Waals surface area (Å²) in [6.45, 7) is 4.16. The lowest BCUT2D eigenvalue weighted by Gasteiger charge is -2.32. The molecule has 0 unspecified atom stereocenters. The van der Waals surface area contributed by atoms with Gasteiger partial charge in [0.1, 0.15) is 5.54 Å². The summed E-state index contributed by atoms with van der Waals surface area (Å²) in [5.74, 6) is -0.187. The fourth-order valence-electron chi connectivity index (χ4n) is 3.49. The zero-order valence-corrected chi connectivity index (χ0v) is 16.5. The zero-order valence-electron chi connectivity index (χ0n) is 15.7. The van der Waals surface area contributed by atoms with Crippen LogP contribution in [0.15, 0.2) is 34.2 Å². The number of carbonyl (C=O) groups is 1. The second-order valence-electron chi connectivity index (χ2n) is 6.96. The molecule has 1 N–H and O–H groups in total. The molecule has 1 aromatic carbocycles. The Balaban J connectivity index is 1.83. The van der Waals surface area contributed by atoms with Crippen molar-refractivity contribution >= 4 is 28.6 Å². The number of thioether (sulfide) groups is 1. The Kier molecular flexibility index (Phi) is 5.85. The van der Waals surface area contributed by atoms with Crippen molar-refractivity contribution < 1.29 is 4.79 Å². The molecule has 0 spiro atoms. The molecule has 3 rings (SSSR count). The number of rotatable bonds is 5. The normalized spacial score (nSPS) is 17.2. The summed E-state index contributed by atoms with van der Waals surface area (Å²) in [6, 6.07) is 9.54. The predicted octanol–water partition coefficient (Wildman–Crippen LogP) is 3.24. The van der Waals surface area contributed by atoms with Gasteiger partial charge in [0.2, 0.25) is 5.91 Å². The van der Waals surface area contributed by atoms with Gasteiger partial charge in [0.15, 0.2) is 5.16 Å². The molecule has 1 aliphatic carbocycles. The van der Waals surface area contributed by atoms with E-state index in [1.54, 1.807) is 23.6 Å². The molecule has 1 aliphatic rings. The van der Waals surface area contributed by atoms with Crippen molar-refractivity contribution in [3.63, 3.8) is 0 Å². The Morgan fingerprint density at radius 2 is 2.07 bits per heavy atom. The Morgan fingerprint density at radius 3 is 2.74 bits per heavy atom. The lowest BCUT2D eigenvalue weighted by Crippen LogP contribution is -2.51. The Morgan fingerprint density at radius 1 is 1.37 bits per heavy atom. The molecule has 27 heavy (non-hydrogen) atoms. The second kappa shape index (κ2) is 8.13. The number of hydrogen-bond acceptors (Lipinski definition) is 5. The molecule has 6 nitrogen and oxygen atoms in total. The van der Waals surface area contributed by atoms with Crippen molar-refractivity contribution in [1.82, 2.24) is 14.9 Å². The van der Waals surface area contributed by atoms with Crippen molar-refractivity contribution in [1.29, 1.82) is 5.26 Å². The summed E-state index contributed by atoms with van der Waals surface area (Å²) >= 11 is 1.26. The van der Waals surface area contributed by atoms with E-state index in [0.717, 1.165) is 19.3 Å². The SMILES string of the molecule is CCn1c(S[C@@H](C)C(=O)NC2(C#N)CCCCC2)nc2ccccc2c1=O. The molecular weight excluding hydrogens is 360 g/mol. The number of para-hydroxylation sites is 1. The Labute approximate surface area is 163 Å². The molecular formula is C20H24N4O2S. The maximum Gasteiger partial charge on any atom is 0.262 e. The number of benzene rings is 1. The molecule has 142 valence electrons. The van der Waals surface area contributed by atoms with Crippen LogP contribution in [0.1, 0.15) is 46.0 Å². The maximum absolute atomic E-state index is 12.7. The summed E-state index contributed by atoms with van der Waals surface area (Å²) in [5.41, 5.74) is -0.229. The van der Waals surface area contributed by atoms with Crippen LogP contribution >= 0.6 is 11.8 Å². The first kappa shape index (κ1) is 19.4. The van der Waals surface area contributed by atoms with E-state index in [9.17, 15) is 14.9 Å². The molecule has 1 amide bonds. The predicted molar refractivity (Wildman–Crippen MR) is 107 cm³/mol. The van der Waals surface area contributed by atoms with Gasteiger partial charge in [-0.2, -0.15) is 5.26 Å². The minimum atomic E-state index is -0.759. The van der Waals surface area contributed by atoms with Crippen LogP contribution in [0, 0.1) is 11.3 Å². The Bertz CT molecular complexity index is 941. The van der Waals surface area contributed by atoms with E-state index in [1.165, 1.54) is 11.8 Å². The van der Waals surface area contributed by atoms with Crippen molar-refractivity contribution in [3.8, 4) is 6.07 Å². The van der Waals surface area contributed by atoms with Crippen LogP contribution in [0.5, 0.6) is 0 Å². The number of nitrogens with one attached hydrogen (secondary N) is 1. The average Bonchev–Trinajstić information content (AvgIpc) is 2.69. The molecule has 0 saturated heterocycles. The Hall–Kier alpha value is -2.33. The van der Waals surface area contributed by atoms with Gasteiger partial charge in [0.05, 0.1) is 22.2 Å². The first-order valence-electron chi connectivity index (χ1n) is 9.39. The van der Waals surface area contributed by atoms with Crippen molar-refractivity contribution in [2.75, 3.05) is 0 Å². The van der Waals surface area contributed by atoms with Gasteiger partial charge in [-0.3, -0.25) is 14.2 Å². The highest BCUT2D eigenvalue weighted by atomic mass is 32.2. The van der Waals surface area contributed by atoms with E-state index in [4.69, 9.17) is 0 Å². The number of amides is 1. The first-order chi connectivity index (χ1) is 13.0. The van der Waals surface area contributed by atoms with Crippen LogP contribution in [0.25, 0.3) is 10.9 Å². The first-order valence-corrected chi connectivity index (χ1v) is 10.3. The van der Waals surface area contributed by atoms with Gasteiger partial charge >= 0.3 is 0 Å². The van der Waals surface area contributed by atoms with Gasteiger partial charge in [0.25, 0.3) is 5.56 Å². The van der Waals surface area contributed by atoms with E-state index in [2.05, 4.69) is 16.4 Å². The third-order valence-electron chi connectivity index (χ3n) is 5.08. The summed E-state index contributed by atoms with van der Waals surface area (Å²) in [4.78, 5) is 30.0. The minimum absolute atomic E-state index is 0.0982. The standard InChI is InChI=1S/C20H24N4O2S/c1-3-24-18(26)15-9-5-6-10-16(15)22-19(24)27-14(2)17(25)23-20(13-21)11-7-4-8-12-20/h5-6,9-10,14H,3-4,7-8,11-12H2,1-2H3,(H,23,25)/t14-/m0/s1. The molecule has 1 fully saturated rings. The molecule has 1 heterocycles. The third kappa shape index (κ3) is 4.01. The quantitative estimate of drug-likeness (QED) is 0.631. The molecule has 0 bridgehead atoms. The van der Waals surface area contributed by atoms with Crippen LogP contribution in [-0.2, 0) is 11.3 Å². The van der Waals surface area contributed by atoms with Gasteiger partial charge in [0, 0.05) is 6.54 Å². The third-order valence-corrected chi connectivity index (χ3v) is 6.17. The highest BCUT2D eigenvalue weighted by molar-refractivity contribution is 8.00. The highest BCUT2D eigenvalue weighted by Gasteiger charge is 2.35. The van der Waals surface area contributed by atoms with Gasteiger partial charge in [-0.1, -0.05) is 43.2 Å². The summed E-state index contributed by atoms with van der Waals surface area (Å²) in [6.07, 6.45) is 4.41. The second-order valence-corrected chi connectivity index (χ2v) is 8.27. The maximum atomic E-state index is 12.7. The number of fused-ring (bicyclic) bond motifs is 1. The molecule has 1 saturated carbocycles. The summed E-state index contributed by atoms with van der Waals surface area (Å²) < 4.78 is 1.59. The number of carbonyl (C=O) groups excluding carboxylic acids is 1. The van der Waals surface area contributed by atoms with Gasteiger partial charge in [-0.05, 0) is 38.8 Å². The topological polar surface area (TPSA) is 87.8 Å². The van der Waals surface area contributed by atoms with Crippen molar-refractivity contribution in [2.45, 2.75) is 68.4 Å². The van der Waals surface area contributed by atoms with Crippen LogP contribution in [-0.4, -0.2) is 26.2 Å². The monoisotopic (exact) mass is 384 g/mol. The van der Waals surface area contributed by atoms with Gasteiger partial charge in [-0.25, -0.2) is 4.98 Å². The summed E-state index contributed by atoms with van der Waals surface area (Å²) in [7, 11) is 0. The van der Waals surface area contributed by atoms with E-state index in [0.29, 0.717) is 35.4 Å². The number of aromatic nitrogens is 2. The van der Waals surface area contributed by atoms with E-state index < -0.39 is 10.8 Å². The number of nitriles is 1. The molecule has 1 aromatic heterocycles. The lowest BCUT2D eigenvalue weighted by molar-refractivity contribution is -0.121. The molecule has 2 aromatic rings. The molecule has 7 heteroatoms. The number of nitrogens with zero attached hydrogens (tertiary/aromatic N) is 3. The fraction of sp³-hybridized carbons (Fsp3) is 0.500. The average molecular weight is 385 g/mol. The van der Waals surface area contributed by atoms with Crippen molar-refractivity contribution in [2.24, 2.45) is 0 Å². The van der Waals surface area contributed by atoms with Crippen LogP contribution in [0.2, 0.25) is 0 Å². The highest BCUT2D eigenvalue weighted by Crippen LogP contribution is 2.29. The lowest BCUT2D eigenvalue weighted by atomic mass is 9.83. The molecule has 0 aliphatic heterocycles. The molecule has 1 atom stereocenters. The minimum Gasteiger partial charge on any atom is -0.337 e. The van der Waals surface area contributed by atoms with Crippen LogP contribution in [0.4, 0.5) is 0 Å². The van der Waals surface area contributed by atoms with Gasteiger partial charge < -0.3 is 5.32 Å². The fourth-order valence-corrected chi connectivity index (χ4v) is 4.46. The molecule has 0 radical (unpaired) electrons. The smallest absolute Gasteiger partial charge is 0.262 e. The van der Waals surface area contributed by atoms with E-state index >= 15 is 0 Å². The van der Waals surface area contributed by atoms with E-state index in [-0.39, 0.29) is 11.5 Å². The van der Waals surface area contributed by atoms with Crippen molar-refractivity contribution in [3.05, 3.63) is 34.6 Å².